The molecule has 3 aromatic rings. The van der Waals surface area contributed by atoms with E-state index in [0.717, 1.165) is 10.5 Å². The zero-order valence-electron chi connectivity index (χ0n) is 18.4. The van der Waals surface area contributed by atoms with E-state index in [1.54, 1.807) is 30.3 Å². The Hall–Kier alpha value is -3.21. The van der Waals surface area contributed by atoms with Gasteiger partial charge in [0, 0.05) is 5.02 Å². The lowest BCUT2D eigenvalue weighted by molar-refractivity contribution is -0.127. The molecular weight excluding hydrogens is 621 g/mol. The van der Waals surface area contributed by atoms with E-state index >= 15 is 0 Å². The van der Waals surface area contributed by atoms with Crippen LogP contribution in [0, 0.1) is 5.82 Å². The lowest BCUT2D eigenvalue weighted by Crippen LogP contribution is -2.38. The molecule has 7 nitrogen and oxygen atoms in total. The molecule has 0 radical (unpaired) electrons. The quantitative estimate of drug-likeness (QED) is 0.242. The van der Waals surface area contributed by atoms with E-state index in [0.29, 0.717) is 31.9 Å². The van der Waals surface area contributed by atoms with Crippen molar-refractivity contribution in [2.45, 2.75) is 6.61 Å². The standard InChI is InChI=1S/C25H17Br2ClFN3O4/c26-17-9-15(10-18(27)23(17)36-13-14-5-7-16(28)8-6-14)11-21-24(34)32(25(35)31-21)12-22(33)30-20-4-2-1-3-19(20)29/h1-11H,12-13H2,(H,30,33)(H,31,35)/b21-11+. The highest BCUT2D eigenvalue weighted by atomic mass is 79.9. The number of nitrogens with zero attached hydrogens (tertiary/aromatic N) is 1. The summed E-state index contributed by atoms with van der Waals surface area (Å²) in [6.45, 7) is -0.255. The molecule has 0 atom stereocenters. The van der Waals surface area contributed by atoms with Crippen molar-refractivity contribution < 1.29 is 23.5 Å². The minimum atomic E-state index is -0.754. The molecule has 1 saturated heterocycles. The Labute approximate surface area is 227 Å². The van der Waals surface area contributed by atoms with Crippen LogP contribution in [0.2, 0.25) is 5.02 Å². The zero-order chi connectivity index (χ0) is 25.8. The Bertz CT molecular complexity index is 1360. The second-order valence-electron chi connectivity index (χ2n) is 7.64. The van der Waals surface area contributed by atoms with Gasteiger partial charge in [0.2, 0.25) is 5.91 Å². The fourth-order valence-electron chi connectivity index (χ4n) is 3.31. The Morgan fingerprint density at radius 3 is 2.42 bits per heavy atom. The van der Waals surface area contributed by atoms with Gasteiger partial charge in [0.15, 0.2) is 0 Å². The molecule has 1 heterocycles. The lowest BCUT2D eigenvalue weighted by atomic mass is 10.2. The van der Waals surface area contributed by atoms with Gasteiger partial charge < -0.3 is 15.4 Å². The van der Waals surface area contributed by atoms with Crippen LogP contribution in [-0.4, -0.2) is 29.3 Å². The van der Waals surface area contributed by atoms with Crippen LogP contribution in [0.5, 0.6) is 5.75 Å². The number of rotatable bonds is 7. The summed E-state index contributed by atoms with van der Waals surface area (Å²) < 4.78 is 20.9. The minimum absolute atomic E-state index is 0.00711. The summed E-state index contributed by atoms with van der Waals surface area (Å²) in [4.78, 5) is 38.1. The number of benzene rings is 3. The topological polar surface area (TPSA) is 87.7 Å². The molecule has 0 aromatic heterocycles. The van der Waals surface area contributed by atoms with Crippen molar-refractivity contribution in [2.24, 2.45) is 0 Å². The number of carbonyl (C=O) groups is 3. The monoisotopic (exact) mass is 635 g/mol. The van der Waals surface area contributed by atoms with Crippen LogP contribution in [0.3, 0.4) is 0 Å². The third kappa shape index (κ3) is 6.13. The second kappa shape index (κ2) is 11.2. The van der Waals surface area contributed by atoms with Crippen molar-refractivity contribution in [1.29, 1.82) is 0 Å². The Morgan fingerprint density at radius 2 is 1.75 bits per heavy atom. The third-order valence-electron chi connectivity index (χ3n) is 5.04. The molecule has 0 unspecified atom stereocenters. The Balaban J connectivity index is 1.44. The smallest absolute Gasteiger partial charge is 0.329 e. The summed E-state index contributed by atoms with van der Waals surface area (Å²) in [5.41, 5.74) is 1.47. The number of anilines is 1. The maximum absolute atomic E-state index is 13.8. The number of hydrogen-bond donors (Lipinski definition) is 2. The SMILES string of the molecule is O=C(CN1C(=O)N/C(=C/c2cc(Br)c(OCc3ccc(Cl)cc3)c(Br)c2)C1=O)Nc1ccccc1F. The first-order valence-electron chi connectivity index (χ1n) is 10.5. The molecule has 0 spiro atoms. The predicted octanol–water partition coefficient (Wildman–Crippen LogP) is 6.11. The first kappa shape index (κ1) is 25.9. The highest BCUT2D eigenvalue weighted by Crippen LogP contribution is 2.36. The summed E-state index contributed by atoms with van der Waals surface area (Å²) >= 11 is 12.8. The van der Waals surface area contributed by atoms with Gasteiger partial charge in [0.1, 0.15) is 30.4 Å². The summed E-state index contributed by atoms with van der Waals surface area (Å²) in [7, 11) is 0. The first-order chi connectivity index (χ1) is 17.2. The molecule has 1 fully saturated rings. The van der Waals surface area contributed by atoms with Crippen molar-refractivity contribution in [3.8, 4) is 5.75 Å². The van der Waals surface area contributed by atoms with Gasteiger partial charge in [-0.25, -0.2) is 14.1 Å². The molecule has 4 rings (SSSR count). The average Bonchev–Trinajstić information content (AvgIpc) is 3.08. The van der Waals surface area contributed by atoms with E-state index in [4.69, 9.17) is 16.3 Å². The number of imide groups is 1. The lowest BCUT2D eigenvalue weighted by Gasteiger charge is -2.12. The summed E-state index contributed by atoms with van der Waals surface area (Å²) in [5, 5.41) is 5.45. The van der Waals surface area contributed by atoms with Crippen LogP contribution in [0.1, 0.15) is 11.1 Å². The molecule has 0 bridgehead atoms. The van der Waals surface area contributed by atoms with Gasteiger partial charge in [-0.05, 0) is 85.5 Å². The fraction of sp³-hybridized carbons (Fsp3) is 0.0800. The maximum Gasteiger partial charge on any atom is 0.329 e. The number of urea groups is 1. The van der Waals surface area contributed by atoms with Gasteiger partial charge >= 0.3 is 6.03 Å². The number of para-hydroxylation sites is 1. The van der Waals surface area contributed by atoms with Crippen LogP contribution >= 0.6 is 43.5 Å². The Kier molecular flexibility index (Phi) is 8.07. The van der Waals surface area contributed by atoms with Gasteiger partial charge in [-0.3, -0.25) is 9.59 Å². The zero-order valence-corrected chi connectivity index (χ0v) is 22.3. The second-order valence-corrected chi connectivity index (χ2v) is 9.78. The highest BCUT2D eigenvalue weighted by molar-refractivity contribution is 9.11. The molecule has 4 amide bonds. The maximum atomic E-state index is 13.8. The predicted molar refractivity (Wildman–Crippen MR) is 141 cm³/mol. The molecule has 2 N–H and O–H groups in total. The van der Waals surface area contributed by atoms with E-state index in [2.05, 4.69) is 42.5 Å². The van der Waals surface area contributed by atoms with E-state index in [1.807, 2.05) is 12.1 Å². The number of nitrogens with one attached hydrogen (secondary N) is 2. The van der Waals surface area contributed by atoms with Gasteiger partial charge in [0.05, 0.1) is 14.6 Å². The fourth-order valence-corrected chi connectivity index (χ4v) is 4.89. The normalized spacial score (nSPS) is 14.2. The molecule has 3 aromatic carbocycles. The van der Waals surface area contributed by atoms with Crippen LogP contribution in [-0.2, 0) is 16.2 Å². The summed E-state index contributed by atoms with van der Waals surface area (Å²) in [5.74, 6) is -1.46. The van der Waals surface area contributed by atoms with Crippen molar-refractivity contribution in [2.75, 3.05) is 11.9 Å². The van der Waals surface area contributed by atoms with E-state index in [-0.39, 0.29) is 11.4 Å². The molecule has 0 saturated carbocycles. The van der Waals surface area contributed by atoms with Gasteiger partial charge in [-0.2, -0.15) is 0 Å². The molecule has 1 aliphatic heterocycles. The molecule has 36 heavy (non-hydrogen) atoms. The third-order valence-corrected chi connectivity index (χ3v) is 6.47. The number of ether oxygens (including phenoxy) is 1. The van der Waals surface area contributed by atoms with E-state index in [9.17, 15) is 18.8 Å². The summed E-state index contributed by atoms with van der Waals surface area (Å²) in [6, 6.07) is 15.6. The minimum Gasteiger partial charge on any atom is -0.487 e. The molecule has 0 aliphatic carbocycles. The van der Waals surface area contributed by atoms with Crippen LogP contribution in [0.15, 0.2) is 75.3 Å². The number of carbonyl (C=O) groups excluding carboxylic acids is 3. The van der Waals surface area contributed by atoms with Crippen molar-refractivity contribution in [3.63, 3.8) is 0 Å². The van der Waals surface area contributed by atoms with E-state index < -0.39 is 30.2 Å². The van der Waals surface area contributed by atoms with Gasteiger partial charge in [-0.15, -0.1) is 0 Å². The Morgan fingerprint density at radius 1 is 1.08 bits per heavy atom. The molecule has 184 valence electrons. The van der Waals surface area contributed by atoms with Crippen molar-refractivity contribution >= 4 is 73.1 Å². The number of hydrogen-bond acceptors (Lipinski definition) is 4. The van der Waals surface area contributed by atoms with Crippen LogP contribution < -0.4 is 15.4 Å². The number of amides is 4. The van der Waals surface area contributed by atoms with Crippen LogP contribution in [0.4, 0.5) is 14.9 Å². The number of halogens is 4. The van der Waals surface area contributed by atoms with Crippen molar-refractivity contribution in [3.05, 3.63) is 97.3 Å². The summed E-state index contributed by atoms with van der Waals surface area (Å²) in [6.07, 6.45) is 1.48. The largest absolute Gasteiger partial charge is 0.487 e. The van der Waals surface area contributed by atoms with Gasteiger partial charge in [0.25, 0.3) is 5.91 Å². The molecular formula is C25H17Br2ClFN3O4. The average molecular weight is 638 g/mol. The molecule has 1 aliphatic rings. The van der Waals surface area contributed by atoms with Gasteiger partial charge in [-0.1, -0.05) is 35.9 Å². The van der Waals surface area contributed by atoms with Crippen LogP contribution in [0.25, 0.3) is 6.08 Å². The molecule has 11 heteroatoms. The van der Waals surface area contributed by atoms with Crippen molar-refractivity contribution in [1.82, 2.24) is 10.2 Å². The highest BCUT2D eigenvalue weighted by Gasteiger charge is 2.35. The first-order valence-corrected chi connectivity index (χ1v) is 12.4. The van der Waals surface area contributed by atoms with E-state index in [1.165, 1.54) is 24.3 Å².